The molecule has 2 aliphatic carbocycles. The van der Waals surface area contributed by atoms with E-state index in [4.69, 9.17) is 4.74 Å². The SMILES string of the molecule is O=C(NCC1CCC2(CCCCC2)O1)c1cccc(C2CC2)c1. The normalized spacial score (nSPS) is 26.3. The molecule has 1 aromatic rings. The summed E-state index contributed by atoms with van der Waals surface area (Å²) in [5.41, 5.74) is 2.25. The lowest BCUT2D eigenvalue weighted by Gasteiger charge is -2.33. The van der Waals surface area contributed by atoms with Crippen molar-refractivity contribution in [3.8, 4) is 0 Å². The topological polar surface area (TPSA) is 38.3 Å². The third-order valence-electron chi connectivity index (χ3n) is 5.79. The number of ether oxygens (including phenoxy) is 1. The van der Waals surface area contributed by atoms with Crippen molar-refractivity contribution in [1.82, 2.24) is 5.32 Å². The highest BCUT2D eigenvalue weighted by atomic mass is 16.5. The van der Waals surface area contributed by atoms with Crippen molar-refractivity contribution in [2.45, 2.75) is 75.4 Å². The van der Waals surface area contributed by atoms with Crippen molar-refractivity contribution in [3.63, 3.8) is 0 Å². The lowest BCUT2D eigenvalue weighted by molar-refractivity contribution is -0.0618. The predicted molar refractivity (Wildman–Crippen MR) is 90.7 cm³/mol. The van der Waals surface area contributed by atoms with Gasteiger partial charge in [0.2, 0.25) is 0 Å². The van der Waals surface area contributed by atoms with Crippen molar-refractivity contribution in [1.29, 1.82) is 0 Å². The van der Waals surface area contributed by atoms with Gasteiger partial charge in [-0.25, -0.2) is 0 Å². The van der Waals surface area contributed by atoms with E-state index in [2.05, 4.69) is 17.4 Å². The molecule has 3 heteroatoms. The Kier molecular flexibility index (Phi) is 4.14. The number of hydrogen-bond acceptors (Lipinski definition) is 2. The van der Waals surface area contributed by atoms with Crippen LogP contribution >= 0.6 is 0 Å². The molecule has 1 unspecified atom stereocenters. The summed E-state index contributed by atoms with van der Waals surface area (Å²) in [6.45, 7) is 0.647. The molecule has 1 saturated heterocycles. The zero-order valence-corrected chi connectivity index (χ0v) is 13.9. The van der Waals surface area contributed by atoms with E-state index in [-0.39, 0.29) is 17.6 Å². The highest BCUT2D eigenvalue weighted by Crippen LogP contribution is 2.42. The van der Waals surface area contributed by atoms with E-state index >= 15 is 0 Å². The summed E-state index contributed by atoms with van der Waals surface area (Å²) < 4.78 is 6.33. The van der Waals surface area contributed by atoms with Crippen LogP contribution in [0.15, 0.2) is 24.3 Å². The summed E-state index contributed by atoms with van der Waals surface area (Å²) in [4.78, 5) is 12.4. The number of amides is 1. The van der Waals surface area contributed by atoms with Crippen LogP contribution in [0.3, 0.4) is 0 Å². The molecule has 0 aromatic heterocycles. The number of rotatable bonds is 4. The lowest BCUT2D eigenvalue weighted by Crippen LogP contribution is -2.36. The quantitative estimate of drug-likeness (QED) is 0.905. The summed E-state index contributed by atoms with van der Waals surface area (Å²) in [6, 6.07) is 8.12. The first-order valence-corrected chi connectivity index (χ1v) is 9.30. The van der Waals surface area contributed by atoms with Gasteiger partial charge in [-0.1, -0.05) is 31.4 Å². The fourth-order valence-corrected chi connectivity index (χ4v) is 4.26. The van der Waals surface area contributed by atoms with Crippen LogP contribution in [0.2, 0.25) is 0 Å². The first-order chi connectivity index (χ1) is 11.2. The fourth-order valence-electron chi connectivity index (χ4n) is 4.26. The van der Waals surface area contributed by atoms with Gasteiger partial charge in [0.25, 0.3) is 5.91 Å². The predicted octanol–water partition coefficient (Wildman–Crippen LogP) is 4.18. The van der Waals surface area contributed by atoms with E-state index < -0.39 is 0 Å². The molecule has 0 bridgehead atoms. The molecular weight excluding hydrogens is 286 g/mol. The van der Waals surface area contributed by atoms with E-state index in [1.165, 1.54) is 56.9 Å². The largest absolute Gasteiger partial charge is 0.370 e. The summed E-state index contributed by atoms with van der Waals surface area (Å²) in [5, 5.41) is 3.09. The Morgan fingerprint density at radius 2 is 1.96 bits per heavy atom. The molecular formula is C20H27NO2. The third kappa shape index (κ3) is 3.45. The zero-order chi connectivity index (χ0) is 15.7. The molecule has 1 aliphatic heterocycles. The first kappa shape index (κ1) is 15.2. The number of nitrogens with one attached hydrogen (secondary N) is 1. The Morgan fingerprint density at radius 1 is 1.13 bits per heavy atom. The molecule has 3 aliphatic rings. The highest BCUT2D eigenvalue weighted by molar-refractivity contribution is 5.94. The molecule has 4 rings (SSSR count). The van der Waals surface area contributed by atoms with Gasteiger partial charge in [-0.2, -0.15) is 0 Å². The average Bonchev–Trinajstić information content (AvgIpc) is 3.37. The molecule has 2 saturated carbocycles. The van der Waals surface area contributed by atoms with Crippen molar-refractivity contribution < 1.29 is 9.53 Å². The van der Waals surface area contributed by atoms with Crippen LogP contribution in [-0.2, 0) is 4.74 Å². The molecule has 1 aromatic carbocycles. The van der Waals surface area contributed by atoms with Gasteiger partial charge in [-0.3, -0.25) is 4.79 Å². The molecule has 1 spiro atoms. The van der Waals surface area contributed by atoms with Crippen LogP contribution in [0, 0.1) is 0 Å². The smallest absolute Gasteiger partial charge is 0.251 e. The van der Waals surface area contributed by atoms with Gasteiger partial charge < -0.3 is 10.1 Å². The average molecular weight is 313 g/mol. The summed E-state index contributed by atoms with van der Waals surface area (Å²) >= 11 is 0. The fraction of sp³-hybridized carbons (Fsp3) is 0.650. The summed E-state index contributed by atoms with van der Waals surface area (Å²) in [6.07, 6.45) is 11.4. The van der Waals surface area contributed by atoms with Crippen LogP contribution in [0.5, 0.6) is 0 Å². The van der Waals surface area contributed by atoms with E-state index in [9.17, 15) is 4.79 Å². The van der Waals surface area contributed by atoms with Gasteiger partial charge in [-0.05, 0) is 62.1 Å². The first-order valence-electron chi connectivity index (χ1n) is 9.30. The third-order valence-corrected chi connectivity index (χ3v) is 5.79. The van der Waals surface area contributed by atoms with Gasteiger partial charge >= 0.3 is 0 Å². The lowest BCUT2D eigenvalue weighted by atomic mass is 9.83. The van der Waals surface area contributed by atoms with Crippen LogP contribution < -0.4 is 5.32 Å². The van der Waals surface area contributed by atoms with E-state index in [1.54, 1.807) is 0 Å². The second-order valence-electron chi connectivity index (χ2n) is 7.63. The molecule has 3 fully saturated rings. The standard InChI is InChI=1S/C20H27NO2/c22-19(17-6-4-5-16(13-17)15-7-8-15)21-14-18-9-12-20(23-18)10-2-1-3-11-20/h4-6,13,15,18H,1-3,7-12,14H2,(H,21,22). The van der Waals surface area contributed by atoms with Gasteiger partial charge in [0, 0.05) is 12.1 Å². The van der Waals surface area contributed by atoms with E-state index in [0.717, 1.165) is 12.0 Å². The molecule has 23 heavy (non-hydrogen) atoms. The molecule has 1 amide bonds. The van der Waals surface area contributed by atoms with Crippen molar-refractivity contribution in [3.05, 3.63) is 35.4 Å². The number of benzene rings is 1. The van der Waals surface area contributed by atoms with Gasteiger partial charge in [-0.15, -0.1) is 0 Å². The maximum atomic E-state index is 12.4. The van der Waals surface area contributed by atoms with Gasteiger partial charge in [0.1, 0.15) is 0 Å². The Labute approximate surface area is 138 Å². The Bertz CT molecular complexity index is 573. The van der Waals surface area contributed by atoms with E-state index in [0.29, 0.717) is 12.5 Å². The number of hydrogen-bond donors (Lipinski definition) is 1. The van der Waals surface area contributed by atoms with Crippen molar-refractivity contribution in [2.24, 2.45) is 0 Å². The van der Waals surface area contributed by atoms with Crippen LogP contribution in [0.4, 0.5) is 0 Å². The zero-order valence-electron chi connectivity index (χ0n) is 13.9. The Morgan fingerprint density at radius 3 is 2.74 bits per heavy atom. The monoisotopic (exact) mass is 313 g/mol. The minimum absolute atomic E-state index is 0.0423. The van der Waals surface area contributed by atoms with Crippen molar-refractivity contribution >= 4 is 5.91 Å². The van der Waals surface area contributed by atoms with Crippen LogP contribution in [-0.4, -0.2) is 24.2 Å². The van der Waals surface area contributed by atoms with Crippen molar-refractivity contribution in [2.75, 3.05) is 6.54 Å². The Hall–Kier alpha value is -1.35. The van der Waals surface area contributed by atoms with Gasteiger partial charge in [0.15, 0.2) is 0 Å². The minimum atomic E-state index is 0.0423. The highest BCUT2D eigenvalue weighted by Gasteiger charge is 2.40. The number of carbonyl (C=O) groups excluding carboxylic acids is 1. The number of carbonyl (C=O) groups is 1. The summed E-state index contributed by atoms with van der Waals surface area (Å²) in [7, 11) is 0. The van der Waals surface area contributed by atoms with E-state index in [1.807, 2.05) is 12.1 Å². The molecule has 1 N–H and O–H groups in total. The van der Waals surface area contributed by atoms with Gasteiger partial charge in [0.05, 0.1) is 11.7 Å². The molecule has 124 valence electrons. The maximum absolute atomic E-state index is 12.4. The molecule has 3 nitrogen and oxygen atoms in total. The second kappa shape index (κ2) is 6.27. The minimum Gasteiger partial charge on any atom is -0.370 e. The van der Waals surface area contributed by atoms with Crippen LogP contribution in [0.25, 0.3) is 0 Å². The molecule has 1 atom stereocenters. The second-order valence-corrected chi connectivity index (χ2v) is 7.63. The Balaban J connectivity index is 1.31. The van der Waals surface area contributed by atoms with Crippen LogP contribution in [0.1, 0.15) is 79.6 Å². The molecule has 1 heterocycles. The molecule has 0 radical (unpaired) electrons. The maximum Gasteiger partial charge on any atom is 0.251 e. The summed E-state index contributed by atoms with van der Waals surface area (Å²) in [5.74, 6) is 0.729.